The van der Waals surface area contributed by atoms with Crippen molar-refractivity contribution in [1.82, 2.24) is 0 Å². The predicted molar refractivity (Wildman–Crippen MR) is 110 cm³/mol. The molecule has 0 aromatic heterocycles. The Balaban J connectivity index is 2.02. The summed E-state index contributed by atoms with van der Waals surface area (Å²) in [4.78, 5) is 12.7. The molecule has 5 atom stereocenters. The van der Waals surface area contributed by atoms with Crippen LogP contribution < -0.4 is 0 Å². The van der Waals surface area contributed by atoms with E-state index in [-0.39, 0.29) is 16.8 Å². The number of esters is 1. The zero-order valence-electron chi connectivity index (χ0n) is 18.1. The highest BCUT2D eigenvalue weighted by atomic mass is 16.5. The van der Waals surface area contributed by atoms with E-state index in [1.165, 1.54) is 32.1 Å². The first-order chi connectivity index (χ1) is 12.3. The minimum absolute atomic E-state index is 0.0173. The number of ether oxygens (including phenoxy) is 1. The van der Waals surface area contributed by atoms with Gasteiger partial charge in [-0.25, -0.2) is 0 Å². The number of carbonyl (C=O) groups excluding carboxylic acids is 1. The van der Waals surface area contributed by atoms with E-state index in [9.17, 15) is 4.79 Å². The van der Waals surface area contributed by atoms with Crippen molar-refractivity contribution < 1.29 is 9.53 Å². The Morgan fingerprint density at radius 2 is 1.88 bits per heavy atom. The van der Waals surface area contributed by atoms with Crippen molar-refractivity contribution in [2.75, 3.05) is 7.11 Å². The smallest absolute Gasteiger partial charge is 0.311 e. The number of fused-ring (bicyclic) bond motifs is 2. The molecule has 0 radical (unpaired) electrons. The van der Waals surface area contributed by atoms with E-state index < -0.39 is 0 Å². The third-order valence-corrected chi connectivity index (χ3v) is 8.29. The standard InChI is InChI=1S/C24H42O2/c1-7-18(4)23(5,22(25)26-6)17-24(8-2,9-3)14-10-11-20-15-19-12-13-21(20)16-19/h12-13,18-21H,7-11,14-17H2,1-6H3. The van der Waals surface area contributed by atoms with Crippen molar-refractivity contribution in [3.05, 3.63) is 12.2 Å². The normalized spacial score (nSPS) is 28.2. The van der Waals surface area contributed by atoms with Crippen molar-refractivity contribution in [3.63, 3.8) is 0 Å². The first-order valence-electron chi connectivity index (χ1n) is 11.1. The van der Waals surface area contributed by atoms with Gasteiger partial charge in [0.15, 0.2) is 0 Å². The van der Waals surface area contributed by atoms with Crippen LogP contribution in [0.2, 0.25) is 0 Å². The lowest BCUT2D eigenvalue weighted by Crippen LogP contribution is -2.41. The summed E-state index contributed by atoms with van der Waals surface area (Å²) < 4.78 is 5.25. The molecule has 1 fully saturated rings. The van der Waals surface area contributed by atoms with Crippen LogP contribution in [-0.2, 0) is 9.53 Å². The number of allylic oxidation sites excluding steroid dienone is 2. The average Bonchev–Trinajstić information content (AvgIpc) is 3.28. The van der Waals surface area contributed by atoms with Crippen LogP contribution in [0.3, 0.4) is 0 Å². The minimum atomic E-state index is -0.370. The Bertz CT molecular complexity index is 490. The van der Waals surface area contributed by atoms with E-state index in [2.05, 4.69) is 46.8 Å². The molecule has 0 aliphatic heterocycles. The topological polar surface area (TPSA) is 26.3 Å². The summed E-state index contributed by atoms with van der Waals surface area (Å²) in [5.41, 5.74) is -0.107. The molecule has 150 valence electrons. The Hall–Kier alpha value is -0.790. The van der Waals surface area contributed by atoms with Gasteiger partial charge in [0.25, 0.3) is 0 Å². The first kappa shape index (κ1) is 21.5. The van der Waals surface area contributed by atoms with Crippen LogP contribution in [0.5, 0.6) is 0 Å². The highest BCUT2D eigenvalue weighted by Gasteiger charge is 2.45. The largest absolute Gasteiger partial charge is 0.469 e. The van der Waals surface area contributed by atoms with Crippen LogP contribution in [0.4, 0.5) is 0 Å². The second-order valence-corrected chi connectivity index (χ2v) is 9.53. The van der Waals surface area contributed by atoms with Gasteiger partial charge in [0.1, 0.15) is 0 Å². The number of hydrogen-bond acceptors (Lipinski definition) is 2. The van der Waals surface area contributed by atoms with Crippen molar-refractivity contribution >= 4 is 5.97 Å². The lowest BCUT2D eigenvalue weighted by Gasteiger charge is -2.42. The maximum Gasteiger partial charge on any atom is 0.311 e. The Labute approximate surface area is 162 Å². The van der Waals surface area contributed by atoms with Crippen molar-refractivity contribution in [1.29, 1.82) is 0 Å². The maximum absolute atomic E-state index is 12.7. The molecule has 2 heteroatoms. The molecule has 2 nitrogen and oxygen atoms in total. The third-order valence-electron chi connectivity index (χ3n) is 8.29. The summed E-state index contributed by atoms with van der Waals surface area (Å²) >= 11 is 0. The fourth-order valence-corrected chi connectivity index (χ4v) is 5.82. The molecule has 0 heterocycles. The van der Waals surface area contributed by atoms with E-state index in [1.807, 2.05) is 0 Å². The van der Waals surface area contributed by atoms with Crippen LogP contribution in [0, 0.1) is 34.5 Å². The SMILES string of the molecule is CCC(C)C(C)(CC(CC)(CC)CCCC1CC2C=CC1C2)C(=O)OC. The monoisotopic (exact) mass is 362 g/mol. The van der Waals surface area contributed by atoms with Crippen LogP contribution in [-0.4, -0.2) is 13.1 Å². The minimum Gasteiger partial charge on any atom is -0.469 e. The third kappa shape index (κ3) is 4.37. The van der Waals surface area contributed by atoms with E-state index in [0.29, 0.717) is 5.92 Å². The fraction of sp³-hybridized carbons (Fsp3) is 0.875. The summed E-state index contributed by atoms with van der Waals surface area (Å²) in [7, 11) is 1.55. The Kier molecular flexibility index (Phi) is 7.39. The van der Waals surface area contributed by atoms with Gasteiger partial charge in [0, 0.05) is 0 Å². The van der Waals surface area contributed by atoms with Gasteiger partial charge in [-0.05, 0) is 68.1 Å². The molecule has 2 bridgehead atoms. The lowest BCUT2D eigenvalue weighted by molar-refractivity contribution is -0.158. The molecular weight excluding hydrogens is 320 g/mol. The van der Waals surface area contributed by atoms with E-state index in [0.717, 1.165) is 43.4 Å². The molecule has 0 aromatic carbocycles. The van der Waals surface area contributed by atoms with E-state index >= 15 is 0 Å². The van der Waals surface area contributed by atoms with Gasteiger partial charge < -0.3 is 4.74 Å². The van der Waals surface area contributed by atoms with Gasteiger partial charge in [-0.3, -0.25) is 4.79 Å². The zero-order valence-corrected chi connectivity index (χ0v) is 18.1. The highest BCUT2D eigenvalue weighted by molar-refractivity contribution is 5.76. The first-order valence-corrected chi connectivity index (χ1v) is 11.1. The van der Waals surface area contributed by atoms with Gasteiger partial charge in [0.2, 0.25) is 0 Å². The number of methoxy groups -OCH3 is 1. The maximum atomic E-state index is 12.7. The molecule has 2 aliphatic rings. The molecule has 2 rings (SSSR count). The fourth-order valence-electron chi connectivity index (χ4n) is 5.82. The second-order valence-electron chi connectivity index (χ2n) is 9.53. The molecule has 1 saturated carbocycles. The quantitative estimate of drug-likeness (QED) is 0.299. The van der Waals surface area contributed by atoms with Crippen molar-refractivity contribution in [3.8, 4) is 0 Å². The summed E-state index contributed by atoms with van der Waals surface area (Å²) in [5.74, 6) is 2.98. The van der Waals surface area contributed by atoms with Crippen LogP contribution >= 0.6 is 0 Å². The summed E-state index contributed by atoms with van der Waals surface area (Å²) in [6, 6.07) is 0. The molecule has 0 saturated heterocycles. The van der Waals surface area contributed by atoms with Crippen molar-refractivity contribution in [2.45, 2.75) is 92.4 Å². The number of rotatable bonds is 11. The average molecular weight is 363 g/mol. The summed E-state index contributed by atoms with van der Waals surface area (Å²) in [6.45, 7) is 11.2. The summed E-state index contributed by atoms with van der Waals surface area (Å²) in [5, 5.41) is 0. The summed E-state index contributed by atoms with van der Waals surface area (Å²) in [6.07, 6.45) is 16.0. The van der Waals surface area contributed by atoms with Gasteiger partial charge in [-0.2, -0.15) is 0 Å². The van der Waals surface area contributed by atoms with Gasteiger partial charge in [0.05, 0.1) is 12.5 Å². The molecule has 5 unspecified atom stereocenters. The van der Waals surface area contributed by atoms with Crippen LogP contribution in [0.15, 0.2) is 12.2 Å². The molecule has 2 aliphatic carbocycles. The van der Waals surface area contributed by atoms with Crippen molar-refractivity contribution in [2.24, 2.45) is 34.5 Å². The van der Waals surface area contributed by atoms with E-state index in [4.69, 9.17) is 4.74 Å². The molecule has 0 N–H and O–H groups in total. The molecule has 0 aromatic rings. The van der Waals surface area contributed by atoms with Crippen LogP contribution in [0.25, 0.3) is 0 Å². The van der Waals surface area contributed by atoms with E-state index in [1.54, 1.807) is 7.11 Å². The zero-order chi connectivity index (χ0) is 19.4. The molecule has 26 heavy (non-hydrogen) atoms. The number of carbonyl (C=O) groups is 1. The van der Waals surface area contributed by atoms with Crippen LogP contribution in [0.1, 0.15) is 92.4 Å². The second kappa shape index (κ2) is 8.93. The van der Waals surface area contributed by atoms with Gasteiger partial charge in [-0.15, -0.1) is 0 Å². The number of hydrogen-bond donors (Lipinski definition) is 0. The Morgan fingerprint density at radius 1 is 1.19 bits per heavy atom. The molecule has 0 amide bonds. The highest BCUT2D eigenvalue weighted by Crippen LogP contribution is 2.50. The lowest BCUT2D eigenvalue weighted by atomic mass is 9.62. The predicted octanol–water partition coefficient (Wildman–Crippen LogP) is 6.79. The van der Waals surface area contributed by atoms with Gasteiger partial charge in [-0.1, -0.05) is 65.5 Å². The van der Waals surface area contributed by atoms with Gasteiger partial charge >= 0.3 is 5.97 Å². The molecule has 0 spiro atoms. The molecular formula is C24H42O2. The Morgan fingerprint density at radius 3 is 2.35 bits per heavy atom.